The van der Waals surface area contributed by atoms with Crippen LogP contribution in [0.15, 0.2) is 28.8 Å². The molecule has 0 saturated carbocycles. The maximum absolute atomic E-state index is 12.9. The zero-order valence-corrected chi connectivity index (χ0v) is 11.9. The van der Waals surface area contributed by atoms with E-state index in [4.69, 9.17) is 9.26 Å². The van der Waals surface area contributed by atoms with Gasteiger partial charge in [0.05, 0.1) is 30.8 Å². The third-order valence-electron chi connectivity index (χ3n) is 3.52. The minimum atomic E-state index is -4.50. The topological polar surface area (TPSA) is 64.4 Å². The molecule has 23 heavy (non-hydrogen) atoms. The van der Waals surface area contributed by atoms with Crippen molar-refractivity contribution in [3.63, 3.8) is 0 Å². The Morgan fingerprint density at radius 3 is 2.87 bits per heavy atom. The fourth-order valence-corrected chi connectivity index (χ4v) is 2.43. The van der Waals surface area contributed by atoms with Crippen LogP contribution in [0, 0.1) is 0 Å². The largest absolute Gasteiger partial charge is 0.416 e. The molecule has 0 spiro atoms. The molecule has 1 aliphatic heterocycles. The lowest BCUT2D eigenvalue weighted by Crippen LogP contribution is -2.19. The van der Waals surface area contributed by atoms with Crippen molar-refractivity contribution in [2.24, 2.45) is 0 Å². The van der Waals surface area contributed by atoms with Crippen LogP contribution in [0.2, 0.25) is 0 Å². The van der Waals surface area contributed by atoms with Gasteiger partial charge >= 0.3 is 6.18 Å². The number of anilines is 1. The highest BCUT2D eigenvalue weighted by molar-refractivity contribution is 5.92. The summed E-state index contributed by atoms with van der Waals surface area (Å²) < 4.78 is 49.1. The minimum absolute atomic E-state index is 0.0916. The van der Waals surface area contributed by atoms with Gasteiger partial charge in [0.25, 0.3) is 0 Å². The van der Waals surface area contributed by atoms with Gasteiger partial charge in [-0.3, -0.25) is 4.79 Å². The standard InChI is InChI=1S/C15H13F3N2O3/c16-15(17,18)11-4-2-1-3-9(11)7-13(21)19-14-10-8-22-6-5-12(10)23-20-14/h1-4H,5-8H2,(H,19,20,21). The molecule has 1 N–H and O–H groups in total. The van der Waals surface area contributed by atoms with Crippen LogP contribution in [0.25, 0.3) is 0 Å². The van der Waals surface area contributed by atoms with Crippen molar-refractivity contribution in [1.29, 1.82) is 0 Å². The van der Waals surface area contributed by atoms with E-state index in [2.05, 4.69) is 10.5 Å². The number of hydrogen-bond acceptors (Lipinski definition) is 4. The molecule has 0 radical (unpaired) electrons. The van der Waals surface area contributed by atoms with Crippen LogP contribution in [-0.2, 0) is 35.2 Å². The molecule has 2 heterocycles. The number of carbonyl (C=O) groups excluding carboxylic acids is 1. The Hall–Kier alpha value is -2.35. The summed E-state index contributed by atoms with van der Waals surface area (Å²) in [5, 5.41) is 6.23. The molecule has 5 nitrogen and oxygen atoms in total. The summed E-state index contributed by atoms with van der Waals surface area (Å²) in [7, 11) is 0. The molecular weight excluding hydrogens is 313 g/mol. The van der Waals surface area contributed by atoms with E-state index in [0.717, 1.165) is 6.07 Å². The quantitative estimate of drug-likeness (QED) is 0.942. The molecule has 0 fully saturated rings. The number of rotatable bonds is 3. The maximum Gasteiger partial charge on any atom is 0.416 e. The first-order chi connectivity index (χ1) is 10.9. The third-order valence-corrected chi connectivity index (χ3v) is 3.52. The Balaban J connectivity index is 1.75. The highest BCUT2D eigenvalue weighted by Gasteiger charge is 2.33. The van der Waals surface area contributed by atoms with Gasteiger partial charge in [-0.05, 0) is 11.6 Å². The molecule has 8 heteroatoms. The van der Waals surface area contributed by atoms with Crippen molar-refractivity contribution >= 4 is 11.7 Å². The van der Waals surface area contributed by atoms with Gasteiger partial charge in [-0.15, -0.1) is 0 Å². The van der Waals surface area contributed by atoms with Crippen LogP contribution in [0.4, 0.5) is 19.0 Å². The molecule has 0 aliphatic carbocycles. The molecule has 0 saturated heterocycles. The van der Waals surface area contributed by atoms with E-state index >= 15 is 0 Å². The van der Waals surface area contributed by atoms with Crippen LogP contribution in [-0.4, -0.2) is 17.7 Å². The van der Waals surface area contributed by atoms with E-state index in [1.165, 1.54) is 18.2 Å². The minimum Gasteiger partial charge on any atom is -0.376 e. The molecule has 0 bridgehead atoms. The first-order valence-electron chi connectivity index (χ1n) is 6.95. The van der Waals surface area contributed by atoms with E-state index in [0.29, 0.717) is 24.4 Å². The van der Waals surface area contributed by atoms with Crippen molar-refractivity contribution in [1.82, 2.24) is 5.16 Å². The summed E-state index contributed by atoms with van der Waals surface area (Å²) in [6, 6.07) is 4.98. The molecule has 3 rings (SSSR count). The number of aromatic nitrogens is 1. The Morgan fingerprint density at radius 1 is 1.30 bits per heavy atom. The second-order valence-electron chi connectivity index (χ2n) is 5.12. The van der Waals surface area contributed by atoms with Crippen molar-refractivity contribution in [3.05, 3.63) is 46.7 Å². The van der Waals surface area contributed by atoms with E-state index in [1.54, 1.807) is 0 Å². The monoisotopic (exact) mass is 326 g/mol. The lowest BCUT2D eigenvalue weighted by Gasteiger charge is -2.13. The number of halogens is 3. The van der Waals surface area contributed by atoms with Gasteiger partial charge in [0.2, 0.25) is 5.91 Å². The second kappa shape index (κ2) is 6.04. The summed E-state index contributed by atoms with van der Waals surface area (Å²) in [4.78, 5) is 12.0. The van der Waals surface area contributed by atoms with E-state index in [1.807, 2.05) is 0 Å². The highest BCUT2D eigenvalue weighted by Crippen LogP contribution is 2.32. The normalized spacial score (nSPS) is 14.4. The maximum atomic E-state index is 12.9. The summed E-state index contributed by atoms with van der Waals surface area (Å²) in [6.45, 7) is 0.766. The molecule has 0 unspecified atom stereocenters. The number of alkyl halides is 3. The summed E-state index contributed by atoms with van der Waals surface area (Å²) >= 11 is 0. The average Bonchev–Trinajstić information content (AvgIpc) is 2.90. The van der Waals surface area contributed by atoms with Crippen LogP contribution in [0.5, 0.6) is 0 Å². The lowest BCUT2D eigenvalue weighted by molar-refractivity contribution is -0.138. The number of nitrogens with one attached hydrogen (secondary N) is 1. The third kappa shape index (κ3) is 3.37. The van der Waals surface area contributed by atoms with Crippen LogP contribution in [0.1, 0.15) is 22.5 Å². The fourth-order valence-electron chi connectivity index (χ4n) is 2.43. The number of fused-ring (bicyclic) bond motifs is 1. The number of benzene rings is 1. The Bertz CT molecular complexity index is 725. The molecule has 1 aliphatic rings. The number of nitrogens with zero attached hydrogens (tertiary/aromatic N) is 1. The first-order valence-corrected chi connectivity index (χ1v) is 6.95. The molecule has 1 aromatic carbocycles. The van der Waals surface area contributed by atoms with Crippen LogP contribution in [0.3, 0.4) is 0 Å². The smallest absolute Gasteiger partial charge is 0.376 e. The number of ether oxygens (including phenoxy) is 1. The van der Waals surface area contributed by atoms with Crippen molar-refractivity contribution in [2.75, 3.05) is 11.9 Å². The van der Waals surface area contributed by atoms with Crippen molar-refractivity contribution in [3.8, 4) is 0 Å². The van der Waals surface area contributed by atoms with E-state index < -0.39 is 24.1 Å². The van der Waals surface area contributed by atoms with Gasteiger partial charge in [-0.25, -0.2) is 0 Å². The van der Waals surface area contributed by atoms with Crippen LogP contribution >= 0.6 is 0 Å². The lowest BCUT2D eigenvalue weighted by atomic mass is 10.0. The van der Waals surface area contributed by atoms with E-state index in [-0.39, 0.29) is 18.0 Å². The molecule has 0 atom stereocenters. The fraction of sp³-hybridized carbons (Fsp3) is 0.333. The van der Waals surface area contributed by atoms with Gasteiger partial charge < -0.3 is 14.6 Å². The van der Waals surface area contributed by atoms with Crippen LogP contribution < -0.4 is 5.32 Å². The SMILES string of the molecule is O=C(Cc1ccccc1C(F)(F)F)Nc1noc2c1COCC2. The summed E-state index contributed by atoms with van der Waals surface area (Å²) in [5.41, 5.74) is -0.277. The van der Waals surface area contributed by atoms with Gasteiger partial charge in [0.1, 0.15) is 5.76 Å². The van der Waals surface area contributed by atoms with Gasteiger partial charge in [-0.2, -0.15) is 13.2 Å². The predicted octanol–water partition coefficient (Wildman–Crippen LogP) is 2.95. The zero-order valence-electron chi connectivity index (χ0n) is 11.9. The zero-order chi connectivity index (χ0) is 16.4. The average molecular weight is 326 g/mol. The van der Waals surface area contributed by atoms with Gasteiger partial charge in [-0.1, -0.05) is 23.4 Å². The Kier molecular flexibility index (Phi) is 4.08. The van der Waals surface area contributed by atoms with Crippen molar-refractivity contribution in [2.45, 2.75) is 25.6 Å². The first kappa shape index (κ1) is 15.5. The number of hydrogen-bond donors (Lipinski definition) is 1. The van der Waals surface area contributed by atoms with E-state index in [9.17, 15) is 18.0 Å². The highest BCUT2D eigenvalue weighted by atomic mass is 19.4. The van der Waals surface area contributed by atoms with Gasteiger partial charge in [0, 0.05) is 6.42 Å². The predicted molar refractivity (Wildman–Crippen MR) is 73.6 cm³/mol. The molecule has 122 valence electrons. The second-order valence-corrected chi connectivity index (χ2v) is 5.12. The Labute approximate surface area is 129 Å². The number of carbonyl (C=O) groups is 1. The molecule has 1 amide bonds. The summed E-state index contributed by atoms with van der Waals surface area (Å²) in [5.74, 6) is 0.236. The molecule has 2 aromatic rings. The molecule has 1 aromatic heterocycles. The molecular formula is C15H13F3N2O3. The Morgan fingerprint density at radius 2 is 2.09 bits per heavy atom. The number of amides is 1. The summed E-state index contributed by atoms with van der Waals surface area (Å²) in [6.07, 6.45) is -4.36. The van der Waals surface area contributed by atoms with Crippen molar-refractivity contribution < 1.29 is 27.2 Å². The van der Waals surface area contributed by atoms with Gasteiger partial charge in [0.15, 0.2) is 5.82 Å².